The van der Waals surface area contributed by atoms with Gasteiger partial charge in [0, 0.05) is 11.4 Å². The highest BCUT2D eigenvalue weighted by molar-refractivity contribution is 6.31. The normalized spacial score (nSPS) is 14.9. The summed E-state index contributed by atoms with van der Waals surface area (Å²) in [5.41, 5.74) is 0.320. The second-order valence-electron chi connectivity index (χ2n) is 4.54. The zero-order chi connectivity index (χ0) is 13.1. The Morgan fingerprint density at radius 3 is 2.67 bits per heavy atom. The van der Waals surface area contributed by atoms with E-state index in [1.807, 2.05) is 0 Å². The minimum Gasteiger partial charge on any atom is -0.478 e. The van der Waals surface area contributed by atoms with Gasteiger partial charge in [-0.3, -0.25) is 4.79 Å². The van der Waals surface area contributed by atoms with E-state index in [0.29, 0.717) is 23.0 Å². The molecule has 1 saturated carbocycles. The van der Waals surface area contributed by atoms with Crippen LogP contribution in [0.15, 0.2) is 18.2 Å². The van der Waals surface area contributed by atoms with E-state index in [1.54, 1.807) is 6.07 Å². The number of aromatic carboxylic acids is 1. The molecule has 1 aliphatic carbocycles. The lowest BCUT2D eigenvalue weighted by atomic mass is 9.83. The van der Waals surface area contributed by atoms with Gasteiger partial charge in [0.1, 0.15) is 0 Å². The molecule has 0 aliphatic heterocycles. The number of rotatable bonds is 4. The van der Waals surface area contributed by atoms with Crippen molar-refractivity contribution >= 4 is 29.2 Å². The number of carboxylic acids is 1. The van der Waals surface area contributed by atoms with Gasteiger partial charge in [-0.15, -0.1) is 0 Å². The van der Waals surface area contributed by atoms with Gasteiger partial charge in [0.05, 0.1) is 11.3 Å². The molecular weight excluding hydrogens is 254 g/mol. The molecule has 0 heterocycles. The molecule has 0 saturated heterocycles. The number of nitrogens with one attached hydrogen (secondary N) is 1. The van der Waals surface area contributed by atoms with Crippen molar-refractivity contribution in [1.82, 2.24) is 0 Å². The number of benzene rings is 1. The lowest BCUT2D eigenvalue weighted by Gasteiger charge is -2.24. The van der Waals surface area contributed by atoms with Crippen LogP contribution in [0, 0.1) is 5.92 Å². The SMILES string of the molecule is O=C(CC1CCC1)Nc1ccc(Cl)cc1C(=O)O. The maximum atomic E-state index is 11.7. The number of carboxylic acid groups (broad SMARTS) is 1. The maximum Gasteiger partial charge on any atom is 0.337 e. The van der Waals surface area contributed by atoms with Gasteiger partial charge >= 0.3 is 5.97 Å². The van der Waals surface area contributed by atoms with E-state index in [4.69, 9.17) is 16.7 Å². The molecule has 0 unspecified atom stereocenters. The van der Waals surface area contributed by atoms with Gasteiger partial charge in [-0.25, -0.2) is 4.79 Å². The fourth-order valence-corrected chi connectivity index (χ4v) is 2.13. The summed E-state index contributed by atoms with van der Waals surface area (Å²) in [7, 11) is 0. The molecule has 18 heavy (non-hydrogen) atoms. The fraction of sp³-hybridized carbons (Fsp3) is 0.385. The second-order valence-corrected chi connectivity index (χ2v) is 4.98. The molecule has 5 heteroatoms. The summed E-state index contributed by atoms with van der Waals surface area (Å²) < 4.78 is 0. The zero-order valence-corrected chi connectivity index (χ0v) is 10.5. The van der Waals surface area contributed by atoms with Crippen molar-refractivity contribution in [3.05, 3.63) is 28.8 Å². The Kier molecular flexibility index (Phi) is 3.87. The molecule has 4 nitrogen and oxygen atoms in total. The van der Waals surface area contributed by atoms with Crippen LogP contribution in [0.3, 0.4) is 0 Å². The second kappa shape index (κ2) is 5.40. The van der Waals surface area contributed by atoms with Crippen molar-refractivity contribution in [2.24, 2.45) is 5.92 Å². The summed E-state index contributed by atoms with van der Waals surface area (Å²) in [5.74, 6) is -0.786. The van der Waals surface area contributed by atoms with Crippen LogP contribution in [-0.2, 0) is 4.79 Å². The predicted octanol–water partition coefficient (Wildman–Crippen LogP) is 3.17. The van der Waals surface area contributed by atoms with Crippen LogP contribution >= 0.6 is 11.6 Å². The minimum absolute atomic E-state index is 0.0180. The van der Waals surface area contributed by atoms with E-state index in [-0.39, 0.29) is 11.5 Å². The molecule has 2 N–H and O–H groups in total. The van der Waals surface area contributed by atoms with Gasteiger partial charge in [-0.2, -0.15) is 0 Å². The first-order chi connectivity index (χ1) is 8.56. The summed E-state index contributed by atoms with van der Waals surface area (Å²) in [6.07, 6.45) is 3.81. The number of hydrogen-bond acceptors (Lipinski definition) is 2. The Bertz CT molecular complexity index is 483. The van der Waals surface area contributed by atoms with E-state index < -0.39 is 5.97 Å². The van der Waals surface area contributed by atoms with Crippen LogP contribution in [0.5, 0.6) is 0 Å². The Morgan fingerprint density at radius 2 is 2.11 bits per heavy atom. The van der Waals surface area contributed by atoms with E-state index in [2.05, 4.69) is 5.32 Å². The molecule has 0 spiro atoms. The number of anilines is 1. The molecule has 1 aromatic rings. The number of carbonyl (C=O) groups is 2. The molecule has 0 radical (unpaired) electrons. The van der Waals surface area contributed by atoms with Gasteiger partial charge in [0.15, 0.2) is 0 Å². The third-order valence-electron chi connectivity index (χ3n) is 3.18. The van der Waals surface area contributed by atoms with Crippen molar-refractivity contribution in [2.45, 2.75) is 25.7 Å². The first kappa shape index (κ1) is 12.9. The molecule has 1 amide bonds. The number of amides is 1. The van der Waals surface area contributed by atoms with Crippen LogP contribution in [0.2, 0.25) is 5.02 Å². The zero-order valence-electron chi connectivity index (χ0n) is 9.78. The Morgan fingerprint density at radius 1 is 1.39 bits per heavy atom. The molecule has 1 fully saturated rings. The van der Waals surface area contributed by atoms with Crippen molar-refractivity contribution in [2.75, 3.05) is 5.32 Å². The van der Waals surface area contributed by atoms with E-state index in [9.17, 15) is 9.59 Å². The van der Waals surface area contributed by atoms with Crippen LogP contribution in [0.25, 0.3) is 0 Å². The lowest BCUT2D eigenvalue weighted by molar-refractivity contribution is -0.117. The molecule has 1 aliphatic rings. The molecule has 2 rings (SSSR count). The van der Waals surface area contributed by atoms with Crippen molar-refractivity contribution in [3.8, 4) is 0 Å². The third kappa shape index (κ3) is 3.01. The number of halogens is 1. The van der Waals surface area contributed by atoms with Gasteiger partial charge in [0.25, 0.3) is 0 Å². The average molecular weight is 268 g/mol. The summed E-state index contributed by atoms with van der Waals surface area (Å²) in [6.45, 7) is 0. The highest BCUT2D eigenvalue weighted by atomic mass is 35.5. The van der Waals surface area contributed by atoms with Crippen molar-refractivity contribution < 1.29 is 14.7 Å². The molecule has 0 bridgehead atoms. The third-order valence-corrected chi connectivity index (χ3v) is 3.42. The Balaban J connectivity index is 2.07. The standard InChI is InChI=1S/C13H14ClNO3/c14-9-4-5-11(10(7-9)13(17)18)15-12(16)6-8-2-1-3-8/h4-5,7-8H,1-3,6H2,(H,15,16)(H,17,18). The molecule has 0 atom stereocenters. The summed E-state index contributed by atoms with van der Waals surface area (Å²) >= 11 is 5.74. The minimum atomic E-state index is -1.10. The largest absolute Gasteiger partial charge is 0.478 e. The highest BCUT2D eigenvalue weighted by Crippen LogP contribution is 2.30. The Hall–Kier alpha value is -1.55. The summed E-state index contributed by atoms with van der Waals surface area (Å²) in [5, 5.41) is 12.0. The van der Waals surface area contributed by atoms with E-state index in [0.717, 1.165) is 12.8 Å². The maximum absolute atomic E-state index is 11.7. The van der Waals surface area contributed by atoms with Crippen molar-refractivity contribution in [1.29, 1.82) is 0 Å². The van der Waals surface area contributed by atoms with E-state index in [1.165, 1.54) is 18.6 Å². The first-order valence-electron chi connectivity index (χ1n) is 5.89. The quantitative estimate of drug-likeness (QED) is 0.880. The number of carbonyl (C=O) groups excluding carboxylic acids is 1. The summed E-state index contributed by atoms with van der Waals surface area (Å²) in [6, 6.07) is 4.42. The topological polar surface area (TPSA) is 66.4 Å². The smallest absolute Gasteiger partial charge is 0.337 e. The fourth-order valence-electron chi connectivity index (χ4n) is 1.96. The Labute approximate surface area is 110 Å². The van der Waals surface area contributed by atoms with Crippen LogP contribution < -0.4 is 5.32 Å². The summed E-state index contributed by atoms with van der Waals surface area (Å²) in [4.78, 5) is 22.8. The van der Waals surface area contributed by atoms with Crippen LogP contribution in [0.4, 0.5) is 5.69 Å². The predicted molar refractivity (Wildman–Crippen MR) is 69.0 cm³/mol. The molecular formula is C13H14ClNO3. The van der Waals surface area contributed by atoms with Crippen molar-refractivity contribution in [3.63, 3.8) is 0 Å². The monoisotopic (exact) mass is 267 g/mol. The lowest BCUT2D eigenvalue weighted by Crippen LogP contribution is -2.21. The van der Waals surface area contributed by atoms with Gasteiger partial charge in [0.2, 0.25) is 5.91 Å². The molecule has 0 aromatic heterocycles. The highest BCUT2D eigenvalue weighted by Gasteiger charge is 2.21. The van der Waals surface area contributed by atoms with Crippen LogP contribution in [-0.4, -0.2) is 17.0 Å². The van der Waals surface area contributed by atoms with Gasteiger partial charge in [-0.05, 0) is 37.0 Å². The first-order valence-corrected chi connectivity index (χ1v) is 6.27. The van der Waals surface area contributed by atoms with Gasteiger partial charge in [-0.1, -0.05) is 18.0 Å². The van der Waals surface area contributed by atoms with Crippen LogP contribution in [0.1, 0.15) is 36.0 Å². The molecule has 96 valence electrons. The molecule has 1 aromatic carbocycles. The van der Waals surface area contributed by atoms with E-state index >= 15 is 0 Å². The average Bonchev–Trinajstić information content (AvgIpc) is 2.26. The number of hydrogen-bond donors (Lipinski definition) is 2. The van der Waals surface area contributed by atoms with Gasteiger partial charge < -0.3 is 10.4 Å².